The molecule has 0 aliphatic carbocycles. The van der Waals surface area contributed by atoms with E-state index in [-0.39, 0.29) is 28.9 Å². The van der Waals surface area contributed by atoms with Gasteiger partial charge in [0.05, 0.1) is 13.5 Å². The maximum Gasteiger partial charge on any atom is 0.306 e. The van der Waals surface area contributed by atoms with E-state index < -0.39 is 57.2 Å². The number of aromatic hydroxyl groups is 6. The second-order valence-electron chi connectivity index (χ2n) is 7.77. The number of fused-ring (bicyclic) bond motifs is 1. The predicted molar refractivity (Wildman–Crippen MR) is 123 cm³/mol. The Balaban J connectivity index is 2.08. The zero-order valence-electron chi connectivity index (χ0n) is 18.2. The summed E-state index contributed by atoms with van der Waals surface area (Å²) in [6.45, 7) is 0. The third-order valence-electron chi connectivity index (χ3n) is 5.62. The van der Waals surface area contributed by atoms with E-state index in [0.29, 0.717) is 5.56 Å². The highest BCUT2D eigenvalue weighted by Crippen LogP contribution is 2.45. The van der Waals surface area contributed by atoms with Gasteiger partial charge in [-0.1, -0.05) is 12.1 Å². The standard InChI is InChI=1S/C25H20O10/c1-34-19(31)9-14(11-2-5-13(26)6-3-11)20-17(29)10-18(30)21-22(32)23(33)24(35-25(20)21)12-4-7-15(27)16(28)8-12/h2-8,10,14,26-30,33H,9H2,1H3. The third kappa shape index (κ3) is 4.12. The molecule has 10 nitrogen and oxygen atoms in total. The van der Waals surface area contributed by atoms with E-state index >= 15 is 0 Å². The average molecular weight is 480 g/mol. The van der Waals surface area contributed by atoms with Crippen LogP contribution in [0.1, 0.15) is 23.5 Å². The number of methoxy groups -OCH3 is 1. The molecule has 35 heavy (non-hydrogen) atoms. The van der Waals surface area contributed by atoms with Gasteiger partial charge >= 0.3 is 5.97 Å². The van der Waals surface area contributed by atoms with Crippen LogP contribution < -0.4 is 5.43 Å². The first-order chi connectivity index (χ1) is 16.6. The van der Waals surface area contributed by atoms with Crippen LogP contribution in [0.15, 0.2) is 57.7 Å². The van der Waals surface area contributed by atoms with E-state index in [9.17, 15) is 40.2 Å². The summed E-state index contributed by atoms with van der Waals surface area (Å²) in [5, 5.41) is 60.4. The Hall–Kier alpha value is -4.86. The Labute approximate surface area is 197 Å². The molecule has 6 N–H and O–H groups in total. The van der Waals surface area contributed by atoms with Gasteiger partial charge < -0.3 is 39.8 Å². The summed E-state index contributed by atoms with van der Waals surface area (Å²) in [5.41, 5.74) is -0.963. The first kappa shape index (κ1) is 23.3. The maximum atomic E-state index is 13.1. The average Bonchev–Trinajstić information content (AvgIpc) is 2.82. The first-order valence-electron chi connectivity index (χ1n) is 10.2. The van der Waals surface area contributed by atoms with Gasteiger partial charge in [0, 0.05) is 23.1 Å². The number of esters is 1. The first-order valence-corrected chi connectivity index (χ1v) is 10.2. The topological polar surface area (TPSA) is 178 Å². The van der Waals surface area contributed by atoms with Crippen LogP contribution in [0.2, 0.25) is 0 Å². The van der Waals surface area contributed by atoms with Crippen LogP contribution in [0.25, 0.3) is 22.3 Å². The van der Waals surface area contributed by atoms with Crippen molar-refractivity contribution in [3.63, 3.8) is 0 Å². The Morgan fingerprint density at radius 2 is 1.57 bits per heavy atom. The van der Waals surface area contributed by atoms with Crippen molar-refractivity contribution in [1.82, 2.24) is 0 Å². The van der Waals surface area contributed by atoms with Gasteiger partial charge in [-0.05, 0) is 35.9 Å². The lowest BCUT2D eigenvalue weighted by atomic mass is 9.86. The molecule has 0 aliphatic rings. The van der Waals surface area contributed by atoms with Crippen LogP contribution in [0.4, 0.5) is 0 Å². The number of carbonyl (C=O) groups excluding carboxylic acids is 1. The summed E-state index contributed by atoms with van der Waals surface area (Å²) < 4.78 is 10.6. The van der Waals surface area contributed by atoms with Crippen LogP contribution in [0, 0.1) is 0 Å². The van der Waals surface area contributed by atoms with Crippen LogP contribution in [0.5, 0.6) is 34.5 Å². The van der Waals surface area contributed by atoms with Gasteiger partial charge in [0.2, 0.25) is 11.2 Å². The summed E-state index contributed by atoms with van der Waals surface area (Å²) >= 11 is 0. The van der Waals surface area contributed by atoms with Gasteiger partial charge in [-0.2, -0.15) is 0 Å². The van der Waals surface area contributed by atoms with E-state index in [0.717, 1.165) is 18.2 Å². The van der Waals surface area contributed by atoms with Gasteiger partial charge in [0.1, 0.15) is 28.2 Å². The monoisotopic (exact) mass is 480 g/mol. The molecular formula is C25H20O10. The summed E-state index contributed by atoms with van der Waals surface area (Å²) in [6.07, 6.45) is -0.311. The molecule has 0 fully saturated rings. The summed E-state index contributed by atoms with van der Waals surface area (Å²) in [5.74, 6) is -5.13. The number of ether oxygens (including phenoxy) is 1. The number of phenols is 5. The Kier molecular flexibility index (Phi) is 5.87. The van der Waals surface area contributed by atoms with Crippen molar-refractivity contribution in [2.45, 2.75) is 12.3 Å². The number of phenolic OH excluding ortho intramolecular Hbond substituents is 5. The number of rotatable bonds is 5. The fourth-order valence-electron chi connectivity index (χ4n) is 3.88. The molecule has 0 saturated carbocycles. The SMILES string of the molecule is COC(=O)CC(c1ccc(O)cc1)c1c(O)cc(O)c2c(=O)c(O)c(-c3ccc(O)c(O)c3)oc12. The summed E-state index contributed by atoms with van der Waals surface area (Å²) in [6, 6.07) is 10.1. The summed E-state index contributed by atoms with van der Waals surface area (Å²) in [4.78, 5) is 25.3. The second-order valence-corrected chi connectivity index (χ2v) is 7.77. The lowest BCUT2D eigenvalue weighted by molar-refractivity contribution is -0.140. The molecule has 0 amide bonds. The molecule has 1 atom stereocenters. The van der Waals surface area contributed by atoms with E-state index in [1.54, 1.807) is 0 Å². The van der Waals surface area contributed by atoms with E-state index in [1.807, 2.05) is 0 Å². The quantitative estimate of drug-likeness (QED) is 0.183. The van der Waals surface area contributed by atoms with Crippen molar-refractivity contribution in [2.75, 3.05) is 7.11 Å². The van der Waals surface area contributed by atoms with Crippen molar-refractivity contribution < 1.29 is 44.6 Å². The normalized spacial score (nSPS) is 11.9. The molecule has 1 heterocycles. The van der Waals surface area contributed by atoms with Gasteiger partial charge in [-0.15, -0.1) is 0 Å². The van der Waals surface area contributed by atoms with Crippen LogP contribution >= 0.6 is 0 Å². The minimum absolute atomic E-state index is 0.0136. The number of benzene rings is 3. The predicted octanol–water partition coefficient (Wildman–Crippen LogP) is 3.39. The van der Waals surface area contributed by atoms with Gasteiger partial charge in [0.15, 0.2) is 17.3 Å². The fourth-order valence-corrected chi connectivity index (χ4v) is 3.88. The number of hydrogen-bond acceptors (Lipinski definition) is 10. The fraction of sp³-hybridized carbons (Fsp3) is 0.120. The molecule has 1 unspecified atom stereocenters. The molecular weight excluding hydrogens is 460 g/mol. The highest BCUT2D eigenvalue weighted by atomic mass is 16.5. The van der Waals surface area contributed by atoms with E-state index in [2.05, 4.69) is 0 Å². The molecule has 3 aromatic carbocycles. The van der Waals surface area contributed by atoms with Crippen molar-refractivity contribution in [3.05, 3.63) is 69.9 Å². The molecule has 10 heteroatoms. The largest absolute Gasteiger partial charge is 0.508 e. The minimum Gasteiger partial charge on any atom is -0.508 e. The molecule has 0 radical (unpaired) electrons. The maximum absolute atomic E-state index is 13.1. The highest BCUT2D eigenvalue weighted by Gasteiger charge is 2.30. The van der Waals surface area contributed by atoms with E-state index in [1.165, 1.54) is 37.4 Å². The summed E-state index contributed by atoms with van der Waals surface area (Å²) in [7, 11) is 1.18. The number of hydrogen-bond donors (Lipinski definition) is 6. The molecule has 0 aliphatic heterocycles. The lowest BCUT2D eigenvalue weighted by Crippen LogP contribution is -2.12. The van der Waals surface area contributed by atoms with Crippen molar-refractivity contribution in [2.24, 2.45) is 0 Å². The zero-order valence-corrected chi connectivity index (χ0v) is 18.2. The van der Waals surface area contributed by atoms with Crippen LogP contribution in [-0.4, -0.2) is 43.7 Å². The van der Waals surface area contributed by atoms with Crippen molar-refractivity contribution >= 4 is 16.9 Å². The highest BCUT2D eigenvalue weighted by molar-refractivity contribution is 5.92. The van der Waals surface area contributed by atoms with Gasteiger partial charge in [0.25, 0.3) is 0 Å². The molecule has 4 aromatic rings. The Morgan fingerprint density at radius 3 is 2.20 bits per heavy atom. The van der Waals surface area contributed by atoms with Crippen LogP contribution in [-0.2, 0) is 9.53 Å². The van der Waals surface area contributed by atoms with Gasteiger partial charge in [-0.25, -0.2) is 0 Å². The second kappa shape index (κ2) is 8.82. The smallest absolute Gasteiger partial charge is 0.306 e. The lowest BCUT2D eigenvalue weighted by Gasteiger charge is -2.20. The molecule has 0 bridgehead atoms. The molecule has 4 rings (SSSR count). The van der Waals surface area contributed by atoms with Crippen molar-refractivity contribution in [1.29, 1.82) is 0 Å². The molecule has 0 spiro atoms. The number of carbonyl (C=O) groups is 1. The van der Waals surface area contributed by atoms with E-state index in [4.69, 9.17) is 9.15 Å². The van der Waals surface area contributed by atoms with Crippen molar-refractivity contribution in [3.8, 4) is 45.8 Å². The molecule has 180 valence electrons. The molecule has 1 aromatic heterocycles. The van der Waals surface area contributed by atoms with Gasteiger partial charge in [-0.3, -0.25) is 9.59 Å². The zero-order chi connectivity index (χ0) is 25.4. The van der Waals surface area contributed by atoms with Crippen LogP contribution in [0.3, 0.4) is 0 Å². The Morgan fingerprint density at radius 1 is 0.886 bits per heavy atom. The Bertz CT molecular complexity index is 1500. The molecule has 0 saturated heterocycles. The minimum atomic E-state index is -1.03. The third-order valence-corrected chi connectivity index (χ3v) is 5.62.